The molecule has 0 saturated carbocycles. The molecule has 0 spiro atoms. The summed E-state index contributed by atoms with van der Waals surface area (Å²) in [6, 6.07) is 67.2. The summed E-state index contributed by atoms with van der Waals surface area (Å²) in [7, 11) is 0. The second kappa shape index (κ2) is 13.5. The summed E-state index contributed by atoms with van der Waals surface area (Å²) in [5.41, 5.74) is 22.6. The summed E-state index contributed by atoms with van der Waals surface area (Å²) in [4.78, 5) is 4.84. The molecular formula is C56H48N2. The lowest BCUT2D eigenvalue weighted by Crippen LogP contribution is -2.17. The molecule has 0 saturated heterocycles. The van der Waals surface area contributed by atoms with E-state index in [2.05, 4.69) is 233 Å². The third-order valence-electron chi connectivity index (χ3n) is 12.9. The Morgan fingerprint density at radius 2 is 0.672 bits per heavy atom. The van der Waals surface area contributed by atoms with Crippen molar-refractivity contribution in [1.29, 1.82) is 0 Å². The van der Waals surface area contributed by atoms with Crippen LogP contribution < -0.4 is 9.80 Å². The zero-order valence-corrected chi connectivity index (χ0v) is 34.2. The smallest absolute Gasteiger partial charge is 0.0491 e. The molecule has 2 heteroatoms. The predicted octanol–water partition coefficient (Wildman–Crippen LogP) is 15.5. The fourth-order valence-corrected chi connectivity index (χ4v) is 9.84. The van der Waals surface area contributed by atoms with Gasteiger partial charge in [-0.05, 0) is 153 Å². The molecule has 0 radical (unpaired) electrons. The molecule has 282 valence electrons. The Morgan fingerprint density at radius 3 is 1.07 bits per heavy atom. The first-order valence-electron chi connectivity index (χ1n) is 20.5. The van der Waals surface area contributed by atoms with Crippen molar-refractivity contribution in [3.63, 3.8) is 0 Å². The van der Waals surface area contributed by atoms with Gasteiger partial charge in [0, 0.05) is 45.0 Å². The van der Waals surface area contributed by atoms with Crippen LogP contribution in [0.15, 0.2) is 182 Å². The predicted molar refractivity (Wildman–Crippen MR) is 246 cm³/mol. The van der Waals surface area contributed by atoms with Gasteiger partial charge in [-0.25, -0.2) is 0 Å². The van der Waals surface area contributed by atoms with Crippen LogP contribution in [0.3, 0.4) is 0 Å². The summed E-state index contributed by atoms with van der Waals surface area (Å²) in [6.07, 6.45) is 0. The molecule has 8 aromatic rings. The maximum Gasteiger partial charge on any atom is 0.0491 e. The van der Waals surface area contributed by atoms with Gasteiger partial charge in [0.2, 0.25) is 0 Å². The van der Waals surface area contributed by atoms with E-state index in [0.29, 0.717) is 0 Å². The highest BCUT2D eigenvalue weighted by Crippen LogP contribution is 2.52. The number of para-hydroxylation sites is 2. The Bertz CT molecular complexity index is 2670. The van der Waals surface area contributed by atoms with E-state index < -0.39 is 0 Å². The van der Waals surface area contributed by atoms with E-state index in [9.17, 15) is 0 Å². The molecule has 8 aromatic carbocycles. The van der Waals surface area contributed by atoms with Crippen LogP contribution in [0.2, 0.25) is 0 Å². The van der Waals surface area contributed by atoms with Gasteiger partial charge in [0.15, 0.2) is 0 Å². The zero-order valence-electron chi connectivity index (χ0n) is 34.2. The van der Waals surface area contributed by atoms with Crippen LogP contribution in [0, 0.1) is 13.8 Å². The number of nitrogens with zero attached hydrogens (tertiary/aromatic N) is 2. The fraction of sp³-hybridized carbons (Fsp3) is 0.143. The molecule has 0 aliphatic heterocycles. The molecule has 0 fully saturated rings. The number of anilines is 6. The second-order valence-corrected chi connectivity index (χ2v) is 17.1. The van der Waals surface area contributed by atoms with Gasteiger partial charge in [-0.15, -0.1) is 0 Å². The number of fused-ring (bicyclic) bond motifs is 6. The quantitative estimate of drug-likeness (QED) is 0.160. The van der Waals surface area contributed by atoms with Crippen LogP contribution in [-0.2, 0) is 10.8 Å². The van der Waals surface area contributed by atoms with Crippen molar-refractivity contribution >= 4 is 34.1 Å². The first-order chi connectivity index (χ1) is 28.1. The number of hydrogen-bond donors (Lipinski definition) is 0. The monoisotopic (exact) mass is 748 g/mol. The molecule has 0 N–H and O–H groups in total. The van der Waals surface area contributed by atoms with E-state index in [1.165, 1.54) is 89.5 Å². The van der Waals surface area contributed by atoms with E-state index >= 15 is 0 Å². The van der Waals surface area contributed by atoms with Gasteiger partial charge in [0.25, 0.3) is 0 Å². The maximum atomic E-state index is 2.42. The summed E-state index contributed by atoms with van der Waals surface area (Å²) < 4.78 is 0. The van der Waals surface area contributed by atoms with Crippen LogP contribution in [0.1, 0.15) is 61.1 Å². The van der Waals surface area contributed by atoms with E-state index in [1.54, 1.807) is 0 Å². The fourth-order valence-electron chi connectivity index (χ4n) is 9.84. The van der Waals surface area contributed by atoms with Crippen molar-refractivity contribution in [2.24, 2.45) is 0 Å². The number of benzene rings is 8. The SMILES string of the molecule is Cc1cc(-c2ccc(N(c3ccccc3)c3ccc4c(c3)C(C)(C)c3ccccc3-4)c(C)c2)ccc1N(c1ccccc1)c1ccc2c(c1)C(C)(C)c1ccccc1-2. The second-order valence-electron chi connectivity index (χ2n) is 17.1. The summed E-state index contributed by atoms with van der Waals surface area (Å²) in [6.45, 7) is 13.9. The topological polar surface area (TPSA) is 6.48 Å². The molecule has 0 atom stereocenters. The highest BCUT2D eigenvalue weighted by atomic mass is 15.1. The zero-order chi connectivity index (χ0) is 39.8. The molecule has 2 aliphatic carbocycles. The number of rotatable bonds is 7. The largest absolute Gasteiger partial charge is 0.310 e. The highest BCUT2D eigenvalue weighted by Gasteiger charge is 2.37. The minimum atomic E-state index is -0.0771. The average molecular weight is 749 g/mol. The Balaban J connectivity index is 1.02. The molecule has 0 heterocycles. The van der Waals surface area contributed by atoms with Gasteiger partial charge in [-0.1, -0.05) is 137 Å². The average Bonchev–Trinajstić information content (AvgIpc) is 3.62. The summed E-state index contributed by atoms with van der Waals surface area (Å²) in [5, 5.41) is 0. The highest BCUT2D eigenvalue weighted by molar-refractivity contribution is 5.89. The third kappa shape index (κ3) is 5.62. The standard InChI is InChI=1S/C56H48N2/c1-37-33-39(25-31-53(37)57(41-17-9-7-10-18-41)43-27-29-47-45-21-13-15-23-49(45)55(3,4)51(47)35-43)40-26-32-54(38(2)34-40)58(42-19-11-8-12-20-42)44-28-30-48-46-22-14-16-24-50(46)56(5,6)52(48)36-44/h7-36H,1-6H3. The first kappa shape index (κ1) is 35.8. The van der Waals surface area contributed by atoms with Crippen molar-refractivity contribution < 1.29 is 0 Å². The Morgan fingerprint density at radius 1 is 0.310 bits per heavy atom. The van der Waals surface area contributed by atoms with Crippen molar-refractivity contribution in [2.45, 2.75) is 52.4 Å². The molecule has 58 heavy (non-hydrogen) atoms. The van der Waals surface area contributed by atoms with Crippen molar-refractivity contribution in [3.8, 4) is 33.4 Å². The molecule has 2 nitrogen and oxygen atoms in total. The Labute approximate surface area is 343 Å². The molecular weight excluding hydrogens is 701 g/mol. The van der Waals surface area contributed by atoms with Gasteiger partial charge in [0.1, 0.15) is 0 Å². The number of aryl methyl sites for hydroxylation is 2. The number of hydrogen-bond acceptors (Lipinski definition) is 2. The van der Waals surface area contributed by atoms with Crippen molar-refractivity contribution in [3.05, 3.63) is 215 Å². The van der Waals surface area contributed by atoms with Crippen LogP contribution in [0.4, 0.5) is 34.1 Å². The molecule has 0 amide bonds. The molecule has 0 aromatic heterocycles. The van der Waals surface area contributed by atoms with Crippen LogP contribution in [-0.4, -0.2) is 0 Å². The lowest BCUT2D eigenvalue weighted by molar-refractivity contribution is 0.660. The van der Waals surface area contributed by atoms with Gasteiger partial charge < -0.3 is 9.80 Å². The molecule has 0 unspecified atom stereocenters. The van der Waals surface area contributed by atoms with Crippen molar-refractivity contribution in [1.82, 2.24) is 0 Å². The van der Waals surface area contributed by atoms with Gasteiger partial charge >= 0.3 is 0 Å². The van der Waals surface area contributed by atoms with Crippen LogP contribution in [0.25, 0.3) is 33.4 Å². The lowest BCUT2D eigenvalue weighted by Gasteiger charge is -2.30. The van der Waals surface area contributed by atoms with Gasteiger partial charge in [-0.3, -0.25) is 0 Å². The lowest BCUT2D eigenvalue weighted by atomic mass is 9.82. The van der Waals surface area contributed by atoms with E-state index in [0.717, 1.165) is 11.4 Å². The maximum absolute atomic E-state index is 2.42. The minimum Gasteiger partial charge on any atom is -0.310 e. The Kier molecular flexibility index (Phi) is 8.32. The summed E-state index contributed by atoms with van der Waals surface area (Å²) in [5.74, 6) is 0. The van der Waals surface area contributed by atoms with Gasteiger partial charge in [0.05, 0.1) is 0 Å². The molecule has 10 rings (SSSR count). The molecule has 0 bridgehead atoms. The third-order valence-corrected chi connectivity index (χ3v) is 12.9. The molecule has 2 aliphatic rings. The van der Waals surface area contributed by atoms with Crippen LogP contribution in [0.5, 0.6) is 0 Å². The van der Waals surface area contributed by atoms with Crippen LogP contribution >= 0.6 is 0 Å². The van der Waals surface area contributed by atoms with E-state index in [4.69, 9.17) is 0 Å². The Hall–Kier alpha value is -6.64. The van der Waals surface area contributed by atoms with E-state index in [1.807, 2.05) is 0 Å². The summed E-state index contributed by atoms with van der Waals surface area (Å²) >= 11 is 0. The minimum absolute atomic E-state index is 0.0771. The van der Waals surface area contributed by atoms with E-state index in [-0.39, 0.29) is 10.8 Å². The first-order valence-corrected chi connectivity index (χ1v) is 20.5. The van der Waals surface area contributed by atoms with Gasteiger partial charge in [-0.2, -0.15) is 0 Å². The normalized spacial score (nSPS) is 14.0. The van der Waals surface area contributed by atoms with Crippen molar-refractivity contribution in [2.75, 3.05) is 9.80 Å².